The largest absolute Gasteiger partial charge is 0.307 e. The van der Waals surface area contributed by atoms with E-state index in [2.05, 4.69) is 42.2 Å². The van der Waals surface area contributed by atoms with Crippen molar-refractivity contribution in [3.63, 3.8) is 0 Å². The summed E-state index contributed by atoms with van der Waals surface area (Å²) in [6.45, 7) is 4.57. The number of hydrogen-bond acceptors (Lipinski definition) is 2. The Morgan fingerprint density at radius 3 is 2.95 bits per heavy atom. The Morgan fingerprint density at radius 1 is 1.37 bits per heavy atom. The first-order chi connectivity index (χ1) is 9.26. The summed E-state index contributed by atoms with van der Waals surface area (Å²) in [5.41, 5.74) is 2.89. The second-order valence-corrected chi connectivity index (χ2v) is 5.91. The molecule has 0 saturated heterocycles. The molecule has 0 saturated carbocycles. The van der Waals surface area contributed by atoms with E-state index in [0.717, 1.165) is 0 Å². The number of nitrogens with one attached hydrogen (secondary N) is 1. The average molecular weight is 263 g/mol. The molecule has 1 aliphatic carbocycles. The third-order valence-electron chi connectivity index (χ3n) is 4.36. The van der Waals surface area contributed by atoms with Gasteiger partial charge < -0.3 is 5.32 Å². The number of nitrogens with zero attached hydrogens (tertiary/aromatic N) is 2. The summed E-state index contributed by atoms with van der Waals surface area (Å²) in [6, 6.07) is 1.21. The maximum Gasteiger partial charge on any atom is 0.0540 e. The van der Waals surface area contributed by atoms with Crippen LogP contribution in [0.25, 0.3) is 0 Å². The zero-order chi connectivity index (χ0) is 13.7. The zero-order valence-corrected chi connectivity index (χ0v) is 12.8. The van der Waals surface area contributed by atoms with E-state index in [-0.39, 0.29) is 0 Å². The molecule has 0 bridgehead atoms. The fourth-order valence-corrected chi connectivity index (χ4v) is 3.27. The van der Waals surface area contributed by atoms with Crippen LogP contribution in [0.15, 0.2) is 6.20 Å². The Kier molecular flexibility index (Phi) is 5.44. The molecule has 19 heavy (non-hydrogen) atoms. The van der Waals surface area contributed by atoms with Crippen LogP contribution >= 0.6 is 0 Å². The molecule has 0 aromatic carbocycles. The van der Waals surface area contributed by atoms with Crippen molar-refractivity contribution < 1.29 is 0 Å². The van der Waals surface area contributed by atoms with Crippen molar-refractivity contribution in [2.75, 3.05) is 0 Å². The summed E-state index contributed by atoms with van der Waals surface area (Å²) in [5.74, 6) is 0. The van der Waals surface area contributed by atoms with Crippen molar-refractivity contribution in [2.45, 2.75) is 77.3 Å². The summed E-state index contributed by atoms with van der Waals surface area (Å²) in [5, 5.41) is 8.35. The van der Waals surface area contributed by atoms with Crippen LogP contribution in [0, 0.1) is 0 Å². The van der Waals surface area contributed by atoms with Gasteiger partial charge in [-0.15, -0.1) is 0 Å². The highest BCUT2D eigenvalue weighted by molar-refractivity contribution is 5.24. The Labute approximate surface area is 117 Å². The second-order valence-electron chi connectivity index (χ2n) is 5.91. The van der Waals surface area contributed by atoms with E-state index in [1.807, 2.05) is 0 Å². The fraction of sp³-hybridized carbons (Fsp3) is 0.812. The van der Waals surface area contributed by atoms with Crippen molar-refractivity contribution >= 4 is 0 Å². The van der Waals surface area contributed by atoms with E-state index in [4.69, 9.17) is 0 Å². The fourth-order valence-electron chi connectivity index (χ4n) is 3.27. The van der Waals surface area contributed by atoms with Crippen LogP contribution in [-0.2, 0) is 13.5 Å². The van der Waals surface area contributed by atoms with E-state index in [9.17, 15) is 0 Å². The van der Waals surface area contributed by atoms with Crippen molar-refractivity contribution in [2.24, 2.45) is 7.05 Å². The standard InChI is InChI=1S/C16H29N3/c1-4-6-9-13(8-5-2)18-15-10-7-11-16-14(15)12-17-19(16)3/h12-13,15,18H,4-11H2,1-3H3. The molecule has 0 radical (unpaired) electrons. The van der Waals surface area contributed by atoms with Crippen molar-refractivity contribution in [3.8, 4) is 0 Å². The van der Waals surface area contributed by atoms with Crippen LogP contribution in [0.5, 0.6) is 0 Å². The first-order valence-corrected chi connectivity index (χ1v) is 8.03. The van der Waals surface area contributed by atoms with Gasteiger partial charge in [-0.05, 0) is 32.1 Å². The molecular formula is C16H29N3. The minimum absolute atomic E-state index is 0.533. The molecule has 1 aromatic rings. The third-order valence-corrected chi connectivity index (χ3v) is 4.36. The van der Waals surface area contributed by atoms with Crippen LogP contribution < -0.4 is 5.32 Å². The lowest BCUT2D eigenvalue weighted by Crippen LogP contribution is -2.34. The van der Waals surface area contributed by atoms with Gasteiger partial charge in [-0.1, -0.05) is 33.1 Å². The molecule has 2 atom stereocenters. The molecular weight excluding hydrogens is 234 g/mol. The van der Waals surface area contributed by atoms with Crippen molar-refractivity contribution in [3.05, 3.63) is 17.5 Å². The number of hydrogen-bond donors (Lipinski definition) is 1. The minimum atomic E-state index is 0.533. The lowest BCUT2D eigenvalue weighted by atomic mass is 9.91. The second kappa shape index (κ2) is 7.09. The van der Waals surface area contributed by atoms with Gasteiger partial charge in [0.2, 0.25) is 0 Å². The lowest BCUT2D eigenvalue weighted by molar-refractivity contribution is 0.354. The van der Waals surface area contributed by atoms with Crippen LogP contribution in [0.2, 0.25) is 0 Å². The van der Waals surface area contributed by atoms with Gasteiger partial charge in [-0.25, -0.2) is 0 Å². The predicted octanol–water partition coefficient (Wildman–Crippen LogP) is 3.75. The third kappa shape index (κ3) is 3.59. The molecule has 2 rings (SSSR count). The normalized spacial score (nSPS) is 20.3. The smallest absolute Gasteiger partial charge is 0.0540 e. The SMILES string of the molecule is CCCCC(CCC)NC1CCCc2c1cnn2C. The van der Waals surface area contributed by atoms with Gasteiger partial charge in [0.15, 0.2) is 0 Å². The highest BCUT2D eigenvalue weighted by Gasteiger charge is 2.24. The number of rotatable bonds is 7. The van der Waals surface area contributed by atoms with Crippen LogP contribution in [0.3, 0.4) is 0 Å². The molecule has 2 unspecified atom stereocenters. The Balaban J connectivity index is 2.01. The van der Waals surface area contributed by atoms with Gasteiger partial charge in [0.25, 0.3) is 0 Å². The molecule has 0 aliphatic heterocycles. The molecule has 1 aromatic heterocycles. The quantitative estimate of drug-likeness (QED) is 0.812. The van der Waals surface area contributed by atoms with Crippen LogP contribution in [-0.4, -0.2) is 15.8 Å². The predicted molar refractivity (Wildman–Crippen MR) is 80.2 cm³/mol. The van der Waals surface area contributed by atoms with Crippen LogP contribution in [0.4, 0.5) is 0 Å². The zero-order valence-electron chi connectivity index (χ0n) is 12.8. The maximum atomic E-state index is 4.44. The van der Waals surface area contributed by atoms with E-state index in [0.29, 0.717) is 12.1 Å². The van der Waals surface area contributed by atoms with E-state index in [1.54, 1.807) is 0 Å². The molecule has 3 heteroatoms. The Hall–Kier alpha value is -0.830. The summed E-state index contributed by atoms with van der Waals surface area (Å²) >= 11 is 0. The van der Waals surface area contributed by atoms with Crippen molar-refractivity contribution in [1.82, 2.24) is 15.1 Å². The van der Waals surface area contributed by atoms with Crippen LogP contribution in [0.1, 0.15) is 76.1 Å². The van der Waals surface area contributed by atoms with Gasteiger partial charge in [0.1, 0.15) is 0 Å². The summed E-state index contributed by atoms with van der Waals surface area (Å²) in [4.78, 5) is 0. The topological polar surface area (TPSA) is 29.9 Å². The molecule has 0 amide bonds. The van der Waals surface area contributed by atoms with Gasteiger partial charge in [0.05, 0.1) is 6.20 Å². The number of fused-ring (bicyclic) bond motifs is 1. The van der Waals surface area contributed by atoms with E-state index < -0.39 is 0 Å². The maximum absolute atomic E-state index is 4.44. The number of aryl methyl sites for hydroxylation is 1. The lowest BCUT2D eigenvalue weighted by Gasteiger charge is -2.29. The van der Waals surface area contributed by atoms with Gasteiger partial charge in [-0.3, -0.25) is 4.68 Å². The summed E-state index contributed by atoms with van der Waals surface area (Å²) in [6.07, 6.45) is 12.3. The Bertz CT molecular complexity index is 383. The first kappa shape index (κ1) is 14.6. The van der Waals surface area contributed by atoms with Gasteiger partial charge >= 0.3 is 0 Å². The van der Waals surface area contributed by atoms with Gasteiger partial charge in [-0.2, -0.15) is 5.10 Å². The highest BCUT2D eigenvalue weighted by Crippen LogP contribution is 2.30. The number of unbranched alkanes of at least 4 members (excludes halogenated alkanes) is 1. The number of aromatic nitrogens is 2. The highest BCUT2D eigenvalue weighted by atomic mass is 15.3. The minimum Gasteiger partial charge on any atom is -0.307 e. The monoisotopic (exact) mass is 263 g/mol. The molecule has 1 aliphatic rings. The summed E-state index contributed by atoms with van der Waals surface area (Å²) < 4.78 is 2.06. The molecule has 0 fully saturated rings. The molecule has 0 spiro atoms. The van der Waals surface area contributed by atoms with E-state index >= 15 is 0 Å². The average Bonchev–Trinajstić information content (AvgIpc) is 2.79. The van der Waals surface area contributed by atoms with Gasteiger partial charge in [0, 0.05) is 30.4 Å². The van der Waals surface area contributed by atoms with E-state index in [1.165, 1.54) is 62.6 Å². The molecule has 108 valence electrons. The summed E-state index contributed by atoms with van der Waals surface area (Å²) in [7, 11) is 2.07. The molecule has 1 N–H and O–H groups in total. The first-order valence-electron chi connectivity index (χ1n) is 8.03. The molecule has 1 heterocycles. The molecule has 3 nitrogen and oxygen atoms in total. The van der Waals surface area contributed by atoms with Crippen molar-refractivity contribution in [1.29, 1.82) is 0 Å². The Morgan fingerprint density at radius 2 is 2.21 bits per heavy atom.